The van der Waals surface area contributed by atoms with Crippen LogP contribution in [0.15, 0.2) is 18.2 Å². The molecule has 0 saturated heterocycles. The Morgan fingerprint density at radius 2 is 2.20 bits per heavy atom. The summed E-state index contributed by atoms with van der Waals surface area (Å²) < 4.78 is 0. The molecule has 0 atom stereocenters. The zero-order valence-electron chi connectivity index (χ0n) is 6.07. The van der Waals surface area contributed by atoms with Crippen LogP contribution in [0, 0.1) is 6.92 Å². The van der Waals surface area contributed by atoms with Crippen molar-refractivity contribution in [3.05, 3.63) is 23.9 Å². The van der Waals surface area contributed by atoms with Crippen molar-refractivity contribution in [2.24, 2.45) is 0 Å². The van der Waals surface area contributed by atoms with Crippen molar-refractivity contribution >= 4 is 5.82 Å². The summed E-state index contributed by atoms with van der Waals surface area (Å²) in [6.07, 6.45) is 0. The van der Waals surface area contributed by atoms with Gasteiger partial charge in [0.1, 0.15) is 0 Å². The lowest BCUT2D eigenvalue weighted by atomic mass is 10.4. The quantitative estimate of drug-likeness (QED) is 0.593. The number of nitrogens with zero attached hydrogens (tertiary/aromatic N) is 2. The van der Waals surface area contributed by atoms with Crippen LogP contribution in [0.25, 0.3) is 0 Å². The molecule has 0 bridgehead atoms. The van der Waals surface area contributed by atoms with Gasteiger partial charge in [0, 0.05) is 12.7 Å². The lowest BCUT2D eigenvalue weighted by Gasteiger charge is -2.08. The second kappa shape index (κ2) is 2.66. The molecule has 3 heteroatoms. The first kappa shape index (κ1) is 7.02. The fourth-order valence-electron chi connectivity index (χ4n) is 0.709. The summed E-state index contributed by atoms with van der Waals surface area (Å²) in [4.78, 5) is 4.05. The molecule has 0 aliphatic carbocycles. The monoisotopic (exact) mass is 138 g/mol. The first-order valence-corrected chi connectivity index (χ1v) is 3.06. The smallest absolute Gasteiger partial charge is 0.152 e. The molecule has 0 spiro atoms. The Morgan fingerprint density at radius 1 is 1.50 bits per heavy atom. The van der Waals surface area contributed by atoms with Gasteiger partial charge in [-0.1, -0.05) is 6.07 Å². The maximum atomic E-state index is 8.92. The van der Waals surface area contributed by atoms with Crippen molar-refractivity contribution in [1.29, 1.82) is 0 Å². The fourth-order valence-corrected chi connectivity index (χ4v) is 0.709. The largest absolute Gasteiger partial charge is 0.287 e. The van der Waals surface area contributed by atoms with E-state index in [0.717, 1.165) is 10.8 Å². The van der Waals surface area contributed by atoms with Crippen molar-refractivity contribution < 1.29 is 5.21 Å². The number of pyridine rings is 1. The highest BCUT2D eigenvalue weighted by Crippen LogP contribution is 2.05. The van der Waals surface area contributed by atoms with Gasteiger partial charge in [-0.3, -0.25) is 5.21 Å². The van der Waals surface area contributed by atoms with E-state index in [2.05, 4.69) is 4.98 Å². The van der Waals surface area contributed by atoms with Crippen LogP contribution >= 0.6 is 0 Å². The lowest BCUT2D eigenvalue weighted by molar-refractivity contribution is 0.276. The first-order valence-electron chi connectivity index (χ1n) is 3.06. The van der Waals surface area contributed by atoms with Gasteiger partial charge in [-0.25, -0.2) is 10.0 Å². The van der Waals surface area contributed by atoms with Crippen molar-refractivity contribution in [1.82, 2.24) is 4.98 Å². The van der Waals surface area contributed by atoms with Gasteiger partial charge in [0.05, 0.1) is 0 Å². The van der Waals surface area contributed by atoms with E-state index in [-0.39, 0.29) is 0 Å². The number of hydrogen-bond donors (Lipinski definition) is 1. The average molecular weight is 138 g/mol. The van der Waals surface area contributed by atoms with E-state index in [9.17, 15) is 0 Å². The minimum atomic E-state index is 0.569. The SMILES string of the molecule is Cc1cccc(N(C)O)n1. The van der Waals surface area contributed by atoms with Gasteiger partial charge >= 0.3 is 0 Å². The van der Waals surface area contributed by atoms with Gasteiger partial charge in [0.25, 0.3) is 0 Å². The van der Waals surface area contributed by atoms with Crippen LogP contribution in [-0.2, 0) is 0 Å². The highest BCUT2D eigenvalue weighted by atomic mass is 16.5. The van der Waals surface area contributed by atoms with Crippen LogP contribution < -0.4 is 5.06 Å². The second-order valence-corrected chi connectivity index (χ2v) is 2.16. The Kier molecular flexibility index (Phi) is 1.87. The van der Waals surface area contributed by atoms with E-state index in [0.29, 0.717) is 5.82 Å². The zero-order chi connectivity index (χ0) is 7.56. The number of hydrogen-bond acceptors (Lipinski definition) is 3. The molecule has 0 aliphatic rings. The van der Waals surface area contributed by atoms with E-state index in [4.69, 9.17) is 5.21 Å². The maximum absolute atomic E-state index is 8.92. The van der Waals surface area contributed by atoms with Crippen LogP contribution in [0.1, 0.15) is 5.69 Å². The normalized spacial score (nSPS) is 9.50. The summed E-state index contributed by atoms with van der Waals surface area (Å²) in [6.45, 7) is 1.88. The highest BCUT2D eigenvalue weighted by molar-refractivity contribution is 5.34. The van der Waals surface area contributed by atoms with Crippen molar-refractivity contribution in [3.8, 4) is 0 Å². The summed E-state index contributed by atoms with van der Waals surface area (Å²) >= 11 is 0. The van der Waals surface area contributed by atoms with Crippen LogP contribution in [-0.4, -0.2) is 17.2 Å². The molecule has 0 radical (unpaired) electrons. The number of aryl methyl sites for hydroxylation is 1. The van der Waals surface area contributed by atoms with E-state index in [1.165, 1.54) is 0 Å². The molecule has 10 heavy (non-hydrogen) atoms. The zero-order valence-corrected chi connectivity index (χ0v) is 6.07. The molecule has 0 aliphatic heterocycles. The number of anilines is 1. The predicted molar refractivity (Wildman–Crippen MR) is 39.2 cm³/mol. The molecule has 0 fully saturated rings. The molecular formula is C7H10N2O. The molecule has 0 aromatic carbocycles. The Balaban J connectivity index is 2.96. The van der Waals surface area contributed by atoms with Gasteiger partial charge in [-0.2, -0.15) is 0 Å². The Bertz CT molecular complexity index is 223. The number of rotatable bonds is 1. The summed E-state index contributed by atoms with van der Waals surface area (Å²) in [7, 11) is 1.54. The van der Waals surface area contributed by atoms with E-state index in [1.54, 1.807) is 13.1 Å². The minimum Gasteiger partial charge on any atom is -0.287 e. The molecule has 0 unspecified atom stereocenters. The summed E-state index contributed by atoms with van der Waals surface area (Å²) in [6, 6.07) is 5.48. The average Bonchev–Trinajstić information content (AvgIpc) is 1.88. The van der Waals surface area contributed by atoms with E-state index in [1.807, 2.05) is 19.1 Å². The lowest BCUT2D eigenvalue weighted by Crippen LogP contribution is -2.11. The number of aromatic nitrogens is 1. The second-order valence-electron chi connectivity index (χ2n) is 2.16. The van der Waals surface area contributed by atoms with Gasteiger partial charge < -0.3 is 0 Å². The fraction of sp³-hybridized carbons (Fsp3) is 0.286. The number of hydroxylamine groups is 1. The summed E-state index contributed by atoms with van der Waals surface area (Å²) in [5, 5.41) is 9.91. The molecule has 54 valence electrons. The van der Waals surface area contributed by atoms with Gasteiger partial charge in [0.2, 0.25) is 0 Å². The maximum Gasteiger partial charge on any atom is 0.152 e. The predicted octanol–water partition coefficient (Wildman–Crippen LogP) is 1.22. The van der Waals surface area contributed by atoms with Crippen LogP contribution in [0.4, 0.5) is 5.82 Å². The third-order valence-electron chi connectivity index (χ3n) is 1.21. The third kappa shape index (κ3) is 1.45. The van der Waals surface area contributed by atoms with Gasteiger partial charge in [0.15, 0.2) is 5.82 Å². The van der Waals surface area contributed by atoms with Crippen LogP contribution in [0.3, 0.4) is 0 Å². The van der Waals surface area contributed by atoms with Crippen molar-refractivity contribution in [2.75, 3.05) is 12.1 Å². The first-order chi connectivity index (χ1) is 4.70. The van der Waals surface area contributed by atoms with Gasteiger partial charge in [-0.05, 0) is 19.1 Å². The molecule has 1 heterocycles. The summed E-state index contributed by atoms with van der Waals surface area (Å²) in [5.74, 6) is 0.569. The standard InChI is InChI=1S/C7H10N2O/c1-6-4-3-5-7(8-6)9(2)10/h3-5,10H,1-2H3. The highest BCUT2D eigenvalue weighted by Gasteiger charge is 1.95. The molecule has 3 nitrogen and oxygen atoms in total. The molecule has 1 aromatic rings. The molecule has 1 N–H and O–H groups in total. The molecule has 0 amide bonds. The molecule has 1 rings (SSSR count). The van der Waals surface area contributed by atoms with E-state index < -0.39 is 0 Å². The van der Waals surface area contributed by atoms with Crippen LogP contribution in [0.2, 0.25) is 0 Å². The Labute approximate surface area is 59.9 Å². The summed E-state index contributed by atoms with van der Waals surface area (Å²) in [5.41, 5.74) is 0.901. The Morgan fingerprint density at radius 3 is 2.60 bits per heavy atom. The Hall–Kier alpha value is -1.09. The van der Waals surface area contributed by atoms with Gasteiger partial charge in [-0.15, -0.1) is 0 Å². The van der Waals surface area contributed by atoms with Crippen LogP contribution in [0.5, 0.6) is 0 Å². The molecule has 0 saturated carbocycles. The molecular weight excluding hydrogens is 128 g/mol. The van der Waals surface area contributed by atoms with E-state index >= 15 is 0 Å². The van der Waals surface area contributed by atoms with Crippen molar-refractivity contribution in [3.63, 3.8) is 0 Å². The minimum absolute atomic E-state index is 0.569. The topological polar surface area (TPSA) is 36.4 Å². The third-order valence-corrected chi connectivity index (χ3v) is 1.21. The van der Waals surface area contributed by atoms with Crippen molar-refractivity contribution in [2.45, 2.75) is 6.92 Å². The molecule has 1 aromatic heterocycles.